The number of aliphatic imine (C=N–C) groups is 1. The van der Waals surface area contributed by atoms with Crippen molar-refractivity contribution < 1.29 is 5.11 Å². The third kappa shape index (κ3) is 3.73. The maximum absolute atomic E-state index is 9.22. The molecule has 1 aliphatic carbocycles. The third-order valence-corrected chi connectivity index (χ3v) is 3.34. The van der Waals surface area contributed by atoms with Gasteiger partial charge in [-0.3, -0.25) is 10.3 Å². The molecule has 15 heavy (non-hydrogen) atoms. The van der Waals surface area contributed by atoms with Crippen molar-refractivity contribution in [2.45, 2.75) is 31.7 Å². The van der Waals surface area contributed by atoms with E-state index in [1.807, 2.05) is 12.4 Å². The Balaban J connectivity index is 2.63. The van der Waals surface area contributed by atoms with Crippen LogP contribution < -0.4 is 5.32 Å². The van der Waals surface area contributed by atoms with Gasteiger partial charge < -0.3 is 5.11 Å². The molecule has 0 aromatic carbocycles. The molecule has 2 N–H and O–H groups in total. The van der Waals surface area contributed by atoms with Crippen molar-refractivity contribution in [3.8, 4) is 6.19 Å². The van der Waals surface area contributed by atoms with E-state index in [1.165, 1.54) is 24.6 Å². The standard InChI is InChI=1S/C10H17N3OS/c1-15-10(12-7-11)13-9-5-3-2-4-8(9)6-14/h8-9,14H,2-6H2,1H3,(H,12,13). The fourth-order valence-corrected chi connectivity index (χ4v) is 2.29. The summed E-state index contributed by atoms with van der Waals surface area (Å²) in [4.78, 5) is 4.48. The highest BCUT2D eigenvalue weighted by molar-refractivity contribution is 8.13. The minimum absolute atomic E-state index is 0.173. The van der Waals surface area contributed by atoms with E-state index in [0.717, 1.165) is 12.8 Å². The number of hydrogen-bond acceptors (Lipinski definition) is 4. The van der Waals surface area contributed by atoms with E-state index in [-0.39, 0.29) is 18.6 Å². The fourth-order valence-electron chi connectivity index (χ4n) is 1.91. The van der Waals surface area contributed by atoms with Crippen LogP contribution in [0, 0.1) is 17.4 Å². The summed E-state index contributed by atoms with van der Waals surface area (Å²) in [5, 5.41) is 20.9. The van der Waals surface area contributed by atoms with Crippen LogP contribution in [0.4, 0.5) is 0 Å². The Hall–Kier alpha value is -0.730. The van der Waals surface area contributed by atoms with E-state index in [0.29, 0.717) is 5.17 Å². The Labute approximate surface area is 94.8 Å². The van der Waals surface area contributed by atoms with E-state index in [9.17, 15) is 5.11 Å². The van der Waals surface area contributed by atoms with Crippen molar-refractivity contribution in [2.75, 3.05) is 12.9 Å². The Kier molecular flexibility index (Phi) is 5.51. The quantitative estimate of drug-likeness (QED) is 0.323. The molecule has 2 atom stereocenters. The summed E-state index contributed by atoms with van der Waals surface area (Å²) in [5.41, 5.74) is 0. The second-order valence-electron chi connectivity index (χ2n) is 3.67. The number of thioether (sulfide) groups is 1. The molecule has 1 fully saturated rings. The summed E-state index contributed by atoms with van der Waals surface area (Å²) < 4.78 is 0. The van der Waals surface area contributed by atoms with Crippen molar-refractivity contribution in [3.63, 3.8) is 0 Å². The molecule has 0 amide bonds. The molecule has 5 heteroatoms. The lowest BCUT2D eigenvalue weighted by molar-refractivity contribution is 0.172. The molecule has 0 aromatic rings. The topological polar surface area (TPSA) is 68.4 Å². The van der Waals surface area contributed by atoms with Gasteiger partial charge in [-0.2, -0.15) is 5.26 Å². The average molecular weight is 227 g/mol. The lowest BCUT2D eigenvalue weighted by Gasteiger charge is -2.27. The Morgan fingerprint density at radius 3 is 2.93 bits per heavy atom. The van der Waals surface area contributed by atoms with Gasteiger partial charge in [-0.1, -0.05) is 24.6 Å². The van der Waals surface area contributed by atoms with Crippen LogP contribution in [-0.4, -0.2) is 29.2 Å². The Morgan fingerprint density at radius 1 is 1.60 bits per heavy atom. The molecule has 2 unspecified atom stereocenters. The number of rotatable bonds is 2. The highest BCUT2D eigenvalue weighted by atomic mass is 32.2. The number of amidine groups is 1. The molecule has 4 nitrogen and oxygen atoms in total. The average Bonchev–Trinajstić information content (AvgIpc) is 2.29. The number of aliphatic hydroxyl groups is 1. The molecule has 84 valence electrons. The van der Waals surface area contributed by atoms with Crippen LogP contribution in [0.25, 0.3) is 0 Å². The normalized spacial score (nSPS) is 27.1. The second-order valence-corrected chi connectivity index (χ2v) is 4.46. The molecule has 0 aromatic heterocycles. The highest BCUT2D eigenvalue weighted by Crippen LogP contribution is 2.26. The van der Waals surface area contributed by atoms with Gasteiger partial charge in [0, 0.05) is 12.5 Å². The number of nitrogens with one attached hydrogen (secondary N) is 1. The lowest BCUT2D eigenvalue weighted by atomic mass is 9.85. The van der Waals surface area contributed by atoms with E-state index in [2.05, 4.69) is 10.3 Å². The van der Waals surface area contributed by atoms with E-state index in [4.69, 9.17) is 5.26 Å². The summed E-state index contributed by atoms with van der Waals surface area (Å²) in [6.45, 7) is 0.197. The van der Waals surface area contributed by atoms with Crippen LogP contribution in [0.3, 0.4) is 0 Å². The molecule has 0 heterocycles. The number of hydrogen-bond donors (Lipinski definition) is 2. The molecule has 0 radical (unpaired) electrons. The number of aliphatic hydroxyl groups excluding tert-OH is 1. The van der Waals surface area contributed by atoms with Gasteiger partial charge in [0.2, 0.25) is 0 Å². The van der Waals surface area contributed by atoms with Crippen LogP contribution >= 0.6 is 11.8 Å². The van der Waals surface area contributed by atoms with Gasteiger partial charge in [-0.15, -0.1) is 0 Å². The zero-order chi connectivity index (χ0) is 11.1. The summed E-state index contributed by atoms with van der Waals surface area (Å²) in [7, 11) is 0. The summed E-state index contributed by atoms with van der Waals surface area (Å²) in [6, 6.07) is 0.173. The Morgan fingerprint density at radius 2 is 2.33 bits per heavy atom. The third-order valence-electron chi connectivity index (χ3n) is 2.74. The van der Waals surface area contributed by atoms with Gasteiger partial charge in [0.1, 0.15) is 0 Å². The zero-order valence-electron chi connectivity index (χ0n) is 8.94. The van der Waals surface area contributed by atoms with Crippen LogP contribution in [0.2, 0.25) is 0 Å². The van der Waals surface area contributed by atoms with Crippen molar-refractivity contribution in [3.05, 3.63) is 0 Å². The zero-order valence-corrected chi connectivity index (χ0v) is 9.76. The molecular formula is C10H17N3OS. The lowest BCUT2D eigenvalue weighted by Crippen LogP contribution is -2.28. The van der Waals surface area contributed by atoms with Crippen LogP contribution in [0.15, 0.2) is 4.99 Å². The van der Waals surface area contributed by atoms with E-state index < -0.39 is 0 Å². The highest BCUT2D eigenvalue weighted by Gasteiger charge is 2.24. The monoisotopic (exact) mass is 227 g/mol. The van der Waals surface area contributed by atoms with E-state index >= 15 is 0 Å². The number of nitrogens with zero attached hydrogens (tertiary/aromatic N) is 2. The molecular weight excluding hydrogens is 210 g/mol. The molecule has 0 saturated heterocycles. The van der Waals surface area contributed by atoms with E-state index in [1.54, 1.807) is 0 Å². The van der Waals surface area contributed by atoms with Crippen molar-refractivity contribution in [2.24, 2.45) is 10.9 Å². The Bertz CT molecular complexity index is 262. The predicted octanol–water partition coefficient (Wildman–Crippen LogP) is 1.33. The molecule has 0 bridgehead atoms. The first-order valence-corrected chi connectivity index (χ1v) is 6.42. The predicted molar refractivity (Wildman–Crippen MR) is 62.5 cm³/mol. The first-order valence-electron chi connectivity index (χ1n) is 5.19. The molecule has 1 rings (SSSR count). The first kappa shape index (κ1) is 12.3. The van der Waals surface area contributed by atoms with Crippen molar-refractivity contribution in [1.29, 1.82) is 5.26 Å². The van der Waals surface area contributed by atoms with Crippen molar-refractivity contribution in [1.82, 2.24) is 5.32 Å². The second kappa shape index (κ2) is 6.70. The number of nitriles is 1. The van der Waals surface area contributed by atoms with Crippen molar-refractivity contribution >= 4 is 16.9 Å². The molecule has 1 saturated carbocycles. The first-order chi connectivity index (χ1) is 7.31. The van der Waals surface area contributed by atoms with Gasteiger partial charge >= 0.3 is 0 Å². The molecule has 0 spiro atoms. The maximum atomic E-state index is 9.22. The fraction of sp³-hybridized carbons (Fsp3) is 0.800. The van der Waals surface area contributed by atoms with Gasteiger partial charge in [0.15, 0.2) is 11.4 Å². The summed E-state index contributed by atoms with van der Waals surface area (Å²) in [6.07, 6.45) is 8.17. The van der Waals surface area contributed by atoms with Crippen LogP contribution in [-0.2, 0) is 0 Å². The summed E-state index contributed by atoms with van der Waals surface area (Å²) >= 11 is 1.44. The smallest absolute Gasteiger partial charge is 0.183 e. The van der Waals surface area contributed by atoms with Crippen LogP contribution in [0.5, 0.6) is 0 Å². The van der Waals surface area contributed by atoms with Gasteiger partial charge in [-0.25, -0.2) is 0 Å². The molecule has 0 aliphatic heterocycles. The minimum atomic E-state index is 0.173. The van der Waals surface area contributed by atoms with Gasteiger partial charge in [-0.05, 0) is 19.1 Å². The van der Waals surface area contributed by atoms with Crippen LogP contribution in [0.1, 0.15) is 25.7 Å². The molecule has 1 aliphatic rings. The maximum Gasteiger partial charge on any atom is 0.183 e. The largest absolute Gasteiger partial charge is 0.396 e. The minimum Gasteiger partial charge on any atom is -0.396 e. The van der Waals surface area contributed by atoms with Gasteiger partial charge in [0.05, 0.1) is 6.04 Å². The SMILES string of the molecule is CSC(=NC1CCCCC1CO)NC#N. The van der Waals surface area contributed by atoms with Gasteiger partial charge in [0.25, 0.3) is 0 Å². The summed E-state index contributed by atoms with van der Waals surface area (Å²) in [5.74, 6) is 0.265.